The fraction of sp³-hybridized carbons (Fsp3) is 0.655. The average molecular weight is 1270 g/mol. The molecule has 522 valence electrons. The van der Waals surface area contributed by atoms with E-state index in [0.717, 1.165) is 135 Å². The number of unbranched alkanes of at least 4 members (excludes halogenated alkanes) is 34. The molecule has 92 heavy (non-hydrogen) atoms. The highest BCUT2D eigenvalue weighted by Gasteiger charge is 2.16. The summed E-state index contributed by atoms with van der Waals surface area (Å²) in [4.78, 5) is 24.7. The predicted octanol–water partition coefficient (Wildman–Crippen LogP) is 27.5. The summed E-state index contributed by atoms with van der Waals surface area (Å²) in [6.07, 6.45) is 124. The lowest BCUT2D eigenvalue weighted by Crippen LogP contribution is -2.28. The molecule has 0 aliphatic rings. The molecule has 0 radical (unpaired) electrons. The third-order valence-electron chi connectivity index (χ3n) is 16.5. The minimum Gasteiger partial charge on any atom is -0.462 e. The summed E-state index contributed by atoms with van der Waals surface area (Å²) in [5.74, 6) is -0.604. The van der Waals surface area contributed by atoms with E-state index < -0.39 is 6.10 Å². The summed E-state index contributed by atoms with van der Waals surface area (Å²) in [5, 5.41) is 9.72. The number of aliphatic hydroxyl groups excluding tert-OH is 1. The Balaban J connectivity index is 3.50. The van der Waals surface area contributed by atoms with Gasteiger partial charge < -0.3 is 14.6 Å². The van der Waals surface area contributed by atoms with E-state index in [4.69, 9.17) is 9.47 Å². The Morgan fingerprint density at radius 1 is 0.250 bits per heavy atom. The van der Waals surface area contributed by atoms with E-state index in [-0.39, 0.29) is 25.2 Å². The van der Waals surface area contributed by atoms with Gasteiger partial charge in [0.1, 0.15) is 6.61 Å². The second kappa shape index (κ2) is 80.5. The molecule has 0 fully saturated rings. The number of esters is 2. The Hall–Kier alpha value is -4.74. The van der Waals surface area contributed by atoms with Crippen molar-refractivity contribution in [1.82, 2.24) is 0 Å². The van der Waals surface area contributed by atoms with Crippen molar-refractivity contribution in [3.05, 3.63) is 170 Å². The highest BCUT2D eigenvalue weighted by molar-refractivity contribution is 5.70. The van der Waals surface area contributed by atoms with Crippen molar-refractivity contribution >= 4 is 11.9 Å². The Labute approximate surface area is 570 Å². The molecule has 0 aliphatic carbocycles. The van der Waals surface area contributed by atoms with Gasteiger partial charge in [0.25, 0.3) is 0 Å². The van der Waals surface area contributed by atoms with Gasteiger partial charge in [-0.2, -0.15) is 0 Å². The summed E-state index contributed by atoms with van der Waals surface area (Å²) >= 11 is 0. The lowest BCUT2D eigenvalue weighted by atomic mass is 10.0. The summed E-state index contributed by atoms with van der Waals surface area (Å²) < 4.78 is 10.8. The molecule has 0 bridgehead atoms. The standard InChI is InChI=1S/C87H144O5/c1-3-5-7-9-11-13-15-17-19-21-23-25-27-29-31-33-35-37-39-41-42-43-44-46-47-49-51-53-55-57-59-61-63-65-67-69-71-73-75-77-79-81-86(89)91-84-85(83-88)92-87(90)82-80-78-76-74-72-70-68-66-64-62-60-58-56-54-52-50-48-45-40-38-36-34-32-30-28-26-24-22-20-18-16-14-12-10-8-6-4-2/h5-8,11-14,17-20,23-26,30,32,36,38,45,48,52,54,58,60,64,66,85,88H,3-4,9-10,15-16,21-22,27-29,31,33-35,37,39-44,46-47,49-51,53,55-57,59,61-63,65,67-84H2,1-2H3/b7-5-,8-6-,13-11-,14-12-,19-17-,20-18-,25-23-,26-24-,32-30-,38-36-,48-45-,54-52-,60-58-,66-64-. The zero-order valence-electron chi connectivity index (χ0n) is 60.0. The van der Waals surface area contributed by atoms with Crippen LogP contribution >= 0.6 is 0 Å². The first-order valence-corrected chi connectivity index (χ1v) is 38.7. The van der Waals surface area contributed by atoms with Gasteiger partial charge in [-0.25, -0.2) is 0 Å². The Morgan fingerprint density at radius 3 is 0.652 bits per heavy atom. The van der Waals surface area contributed by atoms with E-state index in [1.165, 1.54) is 186 Å². The van der Waals surface area contributed by atoms with Gasteiger partial charge in [-0.15, -0.1) is 0 Å². The number of carbonyl (C=O) groups is 2. The molecule has 5 nitrogen and oxygen atoms in total. The van der Waals surface area contributed by atoms with Crippen molar-refractivity contribution in [2.45, 2.75) is 354 Å². The van der Waals surface area contributed by atoms with Crippen LogP contribution in [0.1, 0.15) is 348 Å². The first kappa shape index (κ1) is 87.3. The molecule has 0 aliphatic heterocycles. The maximum Gasteiger partial charge on any atom is 0.306 e. The van der Waals surface area contributed by atoms with Gasteiger partial charge in [-0.1, -0.05) is 377 Å². The van der Waals surface area contributed by atoms with Crippen molar-refractivity contribution in [1.29, 1.82) is 0 Å². The zero-order chi connectivity index (χ0) is 66.1. The molecule has 0 saturated carbocycles. The van der Waals surface area contributed by atoms with Crippen LogP contribution in [0.5, 0.6) is 0 Å². The molecule has 0 spiro atoms. The largest absolute Gasteiger partial charge is 0.462 e. The lowest BCUT2D eigenvalue weighted by molar-refractivity contribution is -0.161. The fourth-order valence-electron chi connectivity index (χ4n) is 10.8. The minimum atomic E-state index is -0.792. The normalized spacial score (nSPS) is 13.2. The van der Waals surface area contributed by atoms with E-state index in [1.807, 2.05) is 0 Å². The van der Waals surface area contributed by atoms with E-state index in [0.29, 0.717) is 12.8 Å². The summed E-state index contributed by atoms with van der Waals surface area (Å²) in [5.41, 5.74) is 0. The third-order valence-corrected chi connectivity index (χ3v) is 16.5. The van der Waals surface area contributed by atoms with Crippen LogP contribution in [-0.2, 0) is 19.1 Å². The van der Waals surface area contributed by atoms with E-state index in [1.54, 1.807) is 0 Å². The van der Waals surface area contributed by atoms with Crippen LogP contribution in [0.15, 0.2) is 170 Å². The Morgan fingerprint density at radius 2 is 0.435 bits per heavy atom. The van der Waals surface area contributed by atoms with Gasteiger partial charge in [0.15, 0.2) is 6.10 Å². The smallest absolute Gasteiger partial charge is 0.306 e. The first-order chi connectivity index (χ1) is 45.6. The fourth-order valence-corrected chi connectivity index (χ4v) is 10.8. The number of carbonyl (C=O) groups excluding carboxylic acids is 2. The van der Waals surface area contributed by atoms with Crippen LogP contribution in [0.25, 0.3) is 0 Å². The van der Waals surface area contributed by atoms with Crippen molar-refractivity contribution in [2.24, 2.45) is 0 Å². The van der Waals surface area contributed by atoms with Crippen LogP contribution in [0, 0.1) is 0 Å². The second-order valence-electron chi connectivity index (χ2n) is 25.3. The predicted molar refractivity (Wildman–Crippen MR) is 407 cm³/mol. The quantitative estimate of drug-likeness (QED) is 0.0373. The van der Waals surface area contributed by atoms with E-state index >= 15 is 0 Å². The van der Waals surface area contributed by atoms with Gasteiger partial charge in [-0.05, 0) is 128 Å². The van der Waals surface area contributed by atoms with Crippen molar-refractivity contribution in [3.8, 4) is 0 Å². The monoisotopic (exact) mass is 1270 g/mol. The third kappa shape index (κ3) is 77.7. The van der Waals surface area contributed by atoms with Gasteiger partial charge in [0.2, 0.25) is 0 Å². The number of aliphatic hydroxyl groups is 1. The van der Waals surface area contributed by atoms with Crippen molar-refractivity contribution in [3.63, 3.8) is 0 Å². The molecule has 1 unspecified atom stereocenters. The van der Waals surface area contributed by atoms with Gasteiger partial charge in [0.05, 0.1) is 6.61 Å². The maximum atomic E-state index is 12.4. The highest BCUT2D eigenvalue weighted by Crippen LogP contribution is 2.18. The Bertz CT molecular complexity index is 1980. The zero-order valence-corrected chi connectivity index (χ0v) is 60.0. The van der Waals surface area contributed by atoms with Crippen molar-refractivity contribution in [2.75, 3.05) is 13.2 Å². The maximum absolute atomic E-state index is 12.4. The minimum absolute atomic E-state index is 0.0774. The van der Waals surface area contributed by atoms with Gasteiger partial charge in [-0.3, -0.25) is 9.59 Å². The lowest BCUT2D eigenvalue weighted by Gasteiger charge is -2.15. The number of hydrogen-bond donors (Lipinski definition) is 1. The number of rotatable bonds is 70. The topological polar surface area (TPSA) is 72.8 Å². The number of ether oxygens (including phenoxy) is 2. The van der Waals surface area contributed by atoms with Gasteiger partial charge >= 0.3 is 11.9 Å². The molecule has 0 rings (SSSR count). The summed E-state index contributed by atoms with van der Waals surface area (Å²) in [7, 11) is 0. The number of hydrogen-bond acceptors (Lipinski definition) is 5. The molecule has 1 atom stereocenters. The molecule has 0 aromatic rings. The average Bonchev–Trinajstić information content (AvgIpc) is 3.70. The number of allylic oxidation sites excluding steroid dienone is 28. The van der Waals surface area contributed by atoms with Gasteiger partial charge in [0, 0.05) is 12.8 Å². The Kier molecular flexibility index (Phi) is 76.3. The second-order valence-corrected chi connectivity index (χ2v) is 25.3. The molecule has 5 heteroatoms. The first-order valence-electron chi connectivity index (χ1n) is 38.7. The van der Waals surface area contributed by atoms with Crippen LogP contribution in [0.4, 0.5) is 0 Å². The molecular weight excluding hydrogens is 1120 g/mol. The van der Waals surface area contributed by atoms with E-state index in [2.05, 4.69) is 184 Å². The summed E-state index contributed by atoms with van der Waals surface area (Å²) in [6, 6.07) is 0. The van der Waals surface area contributed by atoms with Crippen molar-refractivity contribution < 1.29 is 24.2 Å². The van der Waals surface area contributed by atoms with Crippen LogP contribution in [0.2, 0.25) is 0 Å². The van der Waals surface area contributed by atoms with Crippen LogP contribution in [0.3, 0.4) is 0 Å². The summed E-state index contributed by atoms with van der Waals surface area (Å²) in [6.45, 7) is 3.92. The van der Waals surface area contributed by atoms with E-state index in [9.17, 15) is 14.7 Å². The molecule has 0 heterocycles. The SMILES string of the molecule is CC/C=C\C/C=C\C/C=C\C/C=C\C/C=C\C/C=C\C/C=C\C/C=C\C/C=C\C/C=C\CCCCCCCCC(=O)OC(CO)COC(=O)CCCCCCCCCCCCCCCCCCCCCCCCCCCCCC/C=C\C/C=C\C/C=C\C/C=C\CC. The molecule has 0 aromatic carbocycles. The molecule has 1 N–H and O–H groups in total. The van der Waals surface area contributed by atoms with Crippen LogP contribution < -0.4 is 0 Å². The molecule has 0 amide bonds. The molecular formula is C87H144O5. The molecule has 0 saturated heterocycles. The highest BCUT2D eigenvalue weighted by atomic mass is 16.6. The van der Waals surface area contributed by atoms with Crippen LogP contribution in [-0.4, -0.2) is 36.4 Å². The molecule has 0 aromatic heterocycles.